The van der Waals surface area contributed by atoms with E-state index in [0.29, 0.717) is 0 Å². The van der Waals surface area contributed by atoms with Crippen molar-refractivity contribution in [1.29, 1.82) is 0 Å². The van der Waals surface area contributed by atoms with Crippen LogP contribution in [0.2, 0.25) is 10.0 Å². The van der Waals surface area contributed by atoms with Gasteiger partial charge in [-0.25, -0.2) is 4.63 Å². The second-order valence-corrected chi connectivity index (χ2v) is 5.33. The van der Waals surface area contributed by atoms with Crippen LogP contribution in [0.1, 0.15) is 0 Å². The van der Waals surface area contributed by atoms with Crippen LogP contribution in [-0.2, 0) is 0 Å². The highest BCUT2D eigenvalue weighted by molar-refractivity contribution is 6.37. The molecule has 1 N–H and O–H groups in total. The molecule has 0 atom stereocenters. The van der Waals surface area contributed by atoms with Crippen molar-refractivity contribution in [2.75, 3.05) is 5.32 Å². The Labute approximate surface area is 142 Å². The highest BCUT2D eigenvalue weighted by atomic mass is 35.5. The molecule has 12 heteroatoms. The van der Waals surface area contributed by atoms with E-state index in [4.69, 9.17) is 23.2 Å². The molecule has 0 unspecified atom stereocenters. The summed E-state index contributed by atoms with van der Waals surface area (Å²) in [6, 6.07) is 5.06. The Morgan fingerprint density at radius 2 is 1.75 bits per heavy atom. The van der Waals surface area contributed by atoms with E-state index in [-0.39, 0.29) is 32.5 Å². The molecule has 0 fully saturated rings. The molecular formula is C12H5Cl2N5O5. The first kappa shape index (κ1) is 15.9. The van der Waals surface area contributed by atoms with E-state index >= 15 is 0 Å². The van der Waals surface area contributed by atoms with Crippen molar-refractivity contribution in [3.63, 3.8) is 0 Å². The summed E-state index contributed by atoms with van der Waals surface area (Å²) in [7, 11) is 0. The number of benzene rings is 2. The quantitative estimate of drug-likeness (QED) is 0.535. The van der Waals surface area contributed by atoms with Gasteiger partial charge in [0.1, 0.15) is 16.2 Å². The molecule has 1 heterocycles. The van der Waals surface area contributed by atoms with Gasteiger partial charge in [-0.2, -0.15) is 0 Å². The number of nitrogens with one attached hydrogen (secondary N) is 1. The van der Waals surface area contributed by atoms with Gasteiger partial charge in [0.15, 0.2) is 0 Å². The molecule has 3 rings (SSSR count). The average molecular weight is 370 g/mol. The highest BCUT2D eigenvalue weighted by Crippen LogP contribution is 2.38. The number of nitro benzene ring substituents is 2. The number of nitrogens with zero attached hydrogens (tertiary/aromatic N) is 4. The second-order valence-electron chi connectivity index (χ2n) is 4.52. The maximum absolute atomic E-state index is 11.3. The zero-order valence-electron chi connectivity index (χ0n) is 11.4. The molecule has 0 bridgehead atoms. The van der Waals surface area contributed by atoms with Gasteiger partial charge in [-0.1, -0.05) is 23.2 Å². The first-order valence-electron chi connectivity index (χ1n) is 6.18. The number of fused-ring (bicyclic) bond motifs is 1. The summed E-state index contributed by atoms with van der Waals surface area (Å²) in [5.41, 5.74) is -0.573. The molecule has 0 radical (unpaired) electrons. The normalized spacial score (nSPS) is 10.8. The Morgan fingerprint density at radius 1 is 1.00 bits per heavy atom. The zero-order valence-corrected chi connectivity index (χ0v) is 12.9. The van der Waals surface area contributed by atoms with E-state index in [0.717, 1.165) is 6.07 Å². The topological polar surface area (TPSA) is 137 Å². The van der Waals surface area contributed by atoms with Crippen LogP contribution in [0, 0.1) is 20.2 Å². The number of halogens is 2. The van der Waals surface area contributed by atoms with Crippen LogP contribution in [0.15, 0.2) is 28.9 Å². The van der Waals surface area contributed by atoms with Crippen molar-refractivity contribution in [1.82, 2.24) is 10.3 Å². The monoisotopic (exact) mass is 369 g/mol. The molecule has 0 amide bonds. The molecule has 0 aliphatic rings. The van der Waals surface area contributed by atoms with E-state index < -0.39 is 21.2 Å². The Hall–Kier alpha value is -2.98. The van der Waals surface area contributed by atoms with Crippen molar-refractivity contribution in [2.24, 2.45) is 0 Å². The summed E-state index contributed by atoms with van der Waals surface area (Å²) in [6.45, 7) is 0. The Morgan fingerprint density at radius 3 is 2.42 bits per heavy atom. The van der Waals surface area contributed by atoms with Crippen LogP contribution < -0.4 is 5.32 Å². The summed E-state index contributed by atoms with van der Waals surface area (Å²) in [6.07, 6.45) is 0. The van der Waals surface area contributed by atoms with Crippen molar-refractivity contribution in [3.05, 3.63) is 54.5 Å². The lowest BCUT2D eigenvalue weighted by Gasteiger charge is -2.09. The third kappa shape index (κ3) is 2.68. The largest absolute Gasteiger partial charge is 0.348 e. The average Bonchev–Trinajstić information content (AvgIpc) is 2.97. The van der Waals surface area contributed by atoms with E-state index in [9.17, 15) is 20.2 Å². The van der Waals surface area contributed by atoms with Crippen molar-refractivity contribution >= 4 is 57.0 Å². The lowest BCUT2D eigenvalue weighted by atomic mass is 10.2. The predicted molar refractivity (Wildman–Crippen MR) is 84.9 cm³/mol. The fraction of sp³-hybridized carbons (Fsp3) is 0. The Balaban J connectivity index is 2.14. The molecule has 0 saturated carbocycles. The first-order chi connectivity index (χ1) is 11.4. The summed E-state index contributed by atoms with van der Waals surface area (Å²) in [5, 5.41) is 31.9. The van der Waals surface area contributed by atoms with Gasteiger partial charge in [0.05, 0.1) is 20.6 Å². The standard InChI is InChI=1S/C12H5Cl2N5O5/c13-5-3-6(14)10(18(20)21)4-9(5)15-8-2-1-7-11(17-24-16-7)12(8)19(22)23/h1-4,15H. The maximum Gasteiger partial charge on any atom is 0.323 e. The van der Waals surface area contributed by atoms with Crippen molar-refractivity contribution in [3.8, 4) is 0 Å². The van der Waals surface area contributed by atoms with Crippen LogP contribution in [-0.4, -0.2) is 20.2 Å². The predicted octanol–water partition coefficient (Wildman–Crippen LogP) is 4.09. The maximum atomic E-state index is 11.3. The summed E-state index contributed by atoms with van der Waals surface area (Å²) in [5.74, 6) is 0. The molecule has 24 heavy (non-hydrogen) atoms. The third-order valence-electron chi connectivity index (χ3n) is 3.09. The minimum atomic E-state index is -0.691. The van der Waals surface area contributed by atoms with E-state index in [1.165, 1.54) is 18.2 Å². The molecule has 0 aliphatic carbocycles. The van der Waals surface area contributed by atoms with Gasteiger partial charge < -0.3 is 5.32 Å². The minimum Gasteiger partial charge on any atom is -0.348 e. The first-order valence-corrected chi connectivity index (χ1v) is 6.94. The Bertz CT molecular complexity index is 989. The fourth-order valence-electron chi connectivity index (χ4n) is 2.04. The number of hydrogen-bond acceptors (Lipinski definition) is 8. The van der Waals surface area contributed by atoms with Gasteiger partial charge in [0, 0.05) is 6.07 Å². The zero-order chi connectivity index (χ0) is 17.4. The molecule has 2 aromatic carbocycles. The summed E-state index contributed by atoms with van der Waals surface area (Å²) >= 11 is 11.8. The van der Waals surface area contributed by atoms with E-state index in [2.05, 4.69) is 20.3 Å². The lowest BCUT2D eigenvalue weighted by molar-refractivity contribution is -0.384. The van der Waals surface area contributed by atoms with Crippen molar-refractivity contribution < 1.29 is 14.5 Å². The molecule has 0 aliphatic heterocycles. The van der Waals surface area contributed by atoms with Crippen LogP contribution in [0.25, 0.3) is 11.0 Å². The van der Waals surface area contributed by atoms with Gasteiger partial charge in [-0.3, -0.25) is 20.2 Å². The SMILES string of the molecule is O=[N+]([O-])c1cc(Nc2ccc3nonc3c2[N+](=O)[O-])c(Cl)cc1Cl. The number of anilines is 2. The molecular weight excluding hydrogens is 365 g/mol. The number of nitro groups is 2. The summed E-state index contributed by atoms with van der Waals surface area (Å²) < 4.78 is 4.49. The number of rotatable bonds is 4. The van der Waals surface area contributed by atoms with Gasteiger partial charge in [0.2, 0.25) is 5.52 Å². The molecule has 122 valence electrons. The van der Waals surface area contributed by atoms with E-state index in [1.54, 1.807) is 0 Å². The summed E-state index contributed by atoms with van der Waals surface area (Å²) in [4.78, 5) is 20.9. The van der Waals surface area contributed by atoms with Gasteiger partial charge >= 0.3 is 5.69 Å². The van der Waals surface area contributed by atoms with Gasteiger partial charge in [0.25, 0.3) is 5.69 Å². The van der Waals surface area contributed by atoms with E-state index in [1.807, 2.05) is 0 Å². The number of hydrogen-bond donors (Lipinski definition) is 1. The smallest absolute Gasteiger partial charge is 0.323 e. The fourth-order valence-corrected chi connectivity index (χ4v) is 2.54. The van der Waals surface area contributed by atoms with Crippen LogP contribution in [0.4, 0.5) is 22.7 Å². The Kier molecular flexibility index (Phi) is 3.91. The van der Waals surface area contributed by atoms with Gasteiger partial charge in [-0.15, -0.1) is 0 Å². The highest BCUT2D eigenvalue weighted by Gasteiger charge is 2.24. The molecule has 1 aromatic heterocycles. The van der Waals surface area contributed by atoms with Crippen molar-refractivity contribution in [2.45, 2.75) is 0 Å². The molecule has 0 saturated heterocycles. The van der Waals surface area contributed by atoms with Gasteiger partial charge in [-0.05, 0) is 28.5 Å². The molecule has 10 nitrogen and oxygen atoms in total. The van der Waals surface area contributed by atoms with Crippen LogP contribution >= 0.6 is 23.2 Å². The lowest BCUT2D eigenvalue weighted by Crippen LogP contribution is -2.00. The van der Waals surface area contributed by atoms with Crippen LogP contribution in [0.3, 0.4) is 0 Å². The molecule has 0 spiro atoms. The number of aromatic nitrogens is 2. The molecule has 3 aromatic rings. The second kappa shape index (κ2) is 5.91. The minimum absolute atomic E-state index is 0.0155. The van der Waals surface area contributed by atoms with Crippen LogP contribution in [0.5, 0.6) is 0 Å². The third-order valence-corrected chi connectivity index (χ3v) is 3.70.